The number of fused-ring (bicyclic) bond motifs is 3. The zero-order valence-electron chi connectivity index (χ0n) is 19.2. The van der Waals surface area contributed by atoms with E-state index in [1.54, 1.807) is 4.90 Å². The van der Waals surface area contributed by atoms with Crippen LogP contribution in [0.1, 0.15) is 24.2 Å². The molecule has 1 saturated heterocycles. The lowest BCUT2D eigenvalue weighted by atomic mass is 9.92. The Morgan fingerprint density at radius 3 is 2.21 bits per heavy atom. The van der Waals surface area contributed by atoms with Crippen LogP contribution in [0.4, 0.5) is 51.1 Å². The average Bonchev–Trinajstić information content (AvgIpc) is 3.32. The van der Waals surface area contributed by atoms with Crippen LogP contribution in [0.25, 0.3) is 5.65 Å². The molecule has 16 heteroatoms. The van der Waals surface area contributed by atoms with E-state index in [0.29, 0.717) is 42.2 Å². The van der Waals surface area contributed by atoms with E-state index in [1.807, 2.05) is 0 Å². The van der Waals surface area contributed by atoms with Crippen molar-refractivity contribution in [2.75, 3.05) is 29.9 Å². The Balaban J connectivity index is 1.38. The molecule has 0 aromatic carbocycles. The van der Waals surface area contributed by atoms with Crippen molar-refractivity contribution in [2.24, 2.45) is 11.8 Å². The van der Waals surface area contributed by atoms with Gasteiger partial charge in [-0.15, -0.1) is 5.10 Å². The Bertz CT molecular complexity index is 1310. The van der Waals surface area contributed by atoms with Gasteiger partial charge in [0.05, 0.1) is 0 Å². The molecule has 5 rings (SSSR count). The van der Waals surface area contributed by atoms with E-state index in [4.69, 9.17) is 0 Å². The fourth-order valence-corrected chi connectivity index (χ4v) is 5.08. The fourth-order valence-electron chi connectivity index (χ4n) is 5.08. The Labute approximate surface area is 208 Å². The topological polar surface area (TPSA) is 67.6 Å². The molecule has 206 valence electrons. The highest BCUT2D eigenvalue weighted by atomic mass is 19.4. The third-order valence-corrected chi connectivity index (χ3v) is 6.66. The summed E-state index contributed by atoms with van der Waals surface area (Å²) in [5, 5.41) is 6.87. The number of aromatic nitrogens is 4. The summed E-state index contributed by atoms with van der Waals surface area (Å²) in [6.07, 6.45) is -11.7. The number of nitrogens with zero attached hydrogens (tertiary/aromatic N) is 5. The van der Waals surface area contributed by atoms with Crippen LogP contribution in [0.3, 0.4) is 0 Å². The van der Waals surface area contributed by atoms with Crippen molar-refractivity contribution in [3.63, 3.8) is 0 Å². The minimum atomic E-state index is -4.87. The molecule has 0 radical (unpaired) electrons. The molecular formula is C22H19F9N6O. The Morgan fingerprint density at radius 2 is 1.61 bits per heavy atom. The van der Waals surface area contributed by atoms with Crippen LogP contribution in [0.5, 0.6) is 5.75 Å². The summed E-state index contributed by atoms with van der Waals surface area (Å²) in [7, 11) is 0. The number of alkyl halides is 9. The van der Waals surface area contributed by atoms with E-state index in [-0.39, 0.29) is 23.8 Å². The van der Waals surface area contributed by atoms with Crippen LogP contribution >= 0.6 is 0 Å². The van der Waals surface area contributed by atoms with Gasteiger partial charge in [0.25, 0.3) is 0 Å². The summed E-state index contributed by atoms with van der Waals surface area (Å²) in [6, 6.07) is 3.46. The molecular weight excluding hydrogens is 535 g/mol. The molecule has 1 N–H and O–H groups in total. The maximum Gasteiger partial charge on any atom is 0.433 e. The van der Waals surface area contributed by atoms with Crippen LogP contribution in [0.15, 0.2) is 30.5 Å². The molecule has 3 aromatic rings. The van der Waals surface area contributed by atoms with E-state index in [9.17, 15) is 39.5 Å². The Hall–Kier alpha value is -3.46. The van der Waals surface area contributed by atoms with Crippen LogP contribution in [-0.2, 0) is 12.4 Å². The SMILES string of the molecule is FC(F)(F)COc1ccc(C(F)(F)F)n2nc(NC3C4CCC3CN(c3ccnc(C(F)(F)F)c3)C4)nc12. The van der Waals surface area contributed by atoms with E-state index in [2.05, 4.69) is 25.1 Å². The number of piperidine rings is 1. The number of ether oxygens (including phenoxy) is 1. The molecule has 2 atom stereocenters. The summed E-state index contributed by atoms with van der Waals surface area (Å²) in [6.45, 7) is -0.982. The minimum absolute atomic E-state index is 0.0918. The number of pyridine rings is 2. The molecule has 1 aliphatic heterocycles. The summed E-state index contributed by atoms with van der Waals surface area (Å²) in [5.74, 6) is -0.930. The zero-order chi connectivity index (χ0) is 27.5. The summed E-state index contributed by atoms with van der Waals surface area (Å²) in [5.41, 5.74) is -2.44. The van der Waals surface area contributed by atoms with Crippen LogP contribution < -0.4 is 15.0 Å². The zero-order valence-corrected chi connectivity index (χ0v) is 19.2. The van der Waals surface area contributed by atoms with Crippen molar-refractivity contribution in [3.8, 4) is 5.75 Å². The van der Waals surface area contributed by atoms with Crippen molar-refractivity contribution >= 4 is 17.3 Å². The van der Waals surface area contributed by atoms with Gasteiger partial charge in [-0.3, -0.25) is 4.98 Å². The number of hydrogen-bond acceptors (Lipinski definition) is 6. The molecule has 1 saturated carbocycles. The predicted octanol–water partition coefficient (Wildman–Crippen LogP) is 5.43. The maximum atomic E-state index is 13.5. The molecule has 4 heterocycles. The van der Waals surface area contributed by atoms with E-state index in [1.165, 1.54) is 6.07 Å². The first-order chi connectivity index (χ1) is 17.7. The maximum absolute atomic E-state index is 13.5. The molecule has 38 heavy (non-hydrogen) atoms. The van der Waals surface area contributed by atoms with Crippen LogP contribution in [0.2, 0.25) is 0 Å². The average molecular weight is 554 g/mol. The molecule has 0 amide bonds. The first-order valence-electron chi connectivity index (χ1n) is 11.4. The van der Waals surface area contributed by atoms with Crippen LogP contribution in [0, 0.1) is 11.8 Å². The van der Waals surface area contributed by atoms with Gasteiger partial charge in [0, 0.05) is 31.0 Å². The molecule has 2 fully saturated rings. The quantitative estimate of drug-likeness (QED) is 0.425. The summed E-state index contributed by atoms with van der Waals surface area (Å²) < 4.78 is 123. The van der Waals surface area contributed by atoms with Gasteiger partial charge in [-0.25, -0.2) is 4.52 Å². The van der Waals surface area contributed by atoms with Gasteiger partial charge < -0.3 is 15.0 Å². The van der Waals surface area contributed by atoms with E-state index in [0.717, 1.165) is 18.3 Å². The second-order valence-electron chi connectivity index (χ2n) is 9.22. The van der Waals surface area contributed by atoms with Gasteiger partial charge in [-0.05, 0) is 48.9 Å². The number of nitrogens with one attached hydrogen (secondary N) is 1. The fraction of sp³-hybridized carbons (Fsp3) is 0.500. The highest BCUT2D eigenvalue weighted by Gasteiger charge is 2.43. The van der Waals surface area contributed by atoms with Crippen molar-refractivity contribution in [1.29, 1.82) is 0 Å². The largest absolute Gasteiger partial charge is 0.480 e. The first kappa shape index (κ1) is 26.2. The first-order valence-corrected chi connectivity index (χ1v) is 11.4. The van der Waals surface area contributed by atoms with E-state index >= 15 is 0 Å². The van der Waals surface area contributed by atoms with Crippen molar-refractivity contribution in [2.45, 2.75) is 37.4 Å². The van der Waals surface area contributed by atoms with Gasteiger partial charge in [-0.1, -0.05) is 0 Å². The number of rotatable bonds is 5. The van der Waals surface area contributed by atoms with Crippen LogP contribution in [-0.4, -0.2) is 51.5 Å². The van der Waals surface area contributed by atoms with E-state index < -0.39 is 47.9 Å². The second-order valence-corrected chi connectivity index (χ2v) is 9.22. The molecule has 7 nitrogen and oxygen atoms in total. The monoisotopic (exact) mass is 554 g/mol. The van der Waals surface area contributed by atoms with Gasteiger partial charge in [0.1, 0.15) is 11.4 Å². The van der Waals surface area contributed by atoms with Crippen molar-refractivity contribution in [1.82, 2.24) is 19.6 Å². The predicted molar refractivity (Wildman–Crippen MR) is 115 cm³/mol. The van der Waals surface area contributed by atoms with Crippen molar-refractivity contribution < 1.29 is 44.3 Å². The third kappa shape index (κ3) is 5.25. The highest BCUT2D eigenvalue weighted by molar-refractivity contribution is 5.57. The Kier molecular flexibility index (Phi) is 6.25. The molecule has 0 spiro atoms. The second kappa shape index (κ2) is 9.08. The van der Waals surface area contributed by atoms with Gasteiger partial charge in [-0.2, -0.15) is 44.5 Å². The standard InChI is InChI=1S/C22H19F9N6O/c23-20(24,25)10-38-14-3-4-16(22(29,30)31)37-18(14)34-19(35-37)33-17-11-1-2-12(17)9-36(8-11)13-5-6-32-15(7-13)21(26,27)28/h3-7,11-12,17H,1-2,8-10H2,(H,33,35). The lowest BCUT2D eigenvalue weighted by Gasteiger charge is -2.39. The number of anilines is 2. The molecule has 2 bridgehead atoms. The molecule has 3 aromatic heterocycles. The normalized spacial score (nSPS) is 22.2. The highest BCUT2D eigenvalue weighted by Crippen LogP contribution is 2.41. The lowest BCUT2D eigenvalue weighted by Crippen LogP contribution is -2.48. The number of halogens is 9. The molecule has 2 aliphatic rings. The molecule has 1 aliphatic carbocycles. The number of hydrogen-bond donors (Lipinski definition) is 1. The lowest BCUT2D eigenvalue weighted by molar-refractivity contribution is -0.153. The van der Waals surface area contributed by atoms with Crippen molar-refractivity contribution in [3.05, 3.63) is 41.9 Å². The Morgan fingerprint density at radius 1 is 0.921 bits per heavy atom. The van der Waals surface area contributed by atoms with Gasteiger partial charge in [0.2, 0.25) is 5.95 Å². The van der Waals surface area contributed by atoms with Gasteiger partial charge in [0.15, 0.2) is 18.0 Å². The summed E-state index contributed by atoms with van der Waals surface area (Å²) >= 11 is 0. The van der Waals surface area contributed by atoms with Gasteiger partial charge >= 0.3 is 18.5 Å². The third-order valence-electron chi connectivity index (χ3n) is 6.66. The summed E-state index contributed by atoms with van der Waals surface area (Å²) in [4.78, 5) is 9.17. The smallest absolute Gasteiger partial charge is 0.433 e. The molecule has 2 unspecified atom stereocenters. The minimum Gasteiger partial charge on any atom is -0.480 e.